The summed E-state index contributed by atoms with van der Waals surface area (Å²) in [6.45, 7) is 1.79. The monoisotopic (exact) mass is 270 g/mol. The van der Waals surface area contributed by atoms with Crippen LogP contribution in [0.4, 0.5) is 11.4 Å². The molecule has 2 aromatic rings. The molecule has 1 unspecified atom stereocenters. The SMILES string of the molecule is CC(C(=O)Nc1cccc([N+](=O)[O-])c1)c1ccccc1. The number of non-ortho nitro benzene ring substituents is 1. The van der Waals surface area contributed by atoms with E-state index in [1.807, 2.05) is 30.3 Å². The van der Waals surface area contributed by atoms with E-state index in [1.54, 1.807) is 19.1 Å². The molecule has 20 heavy (non-hydrogen) atoms. The fraction of sp³-hybridized carbons (Fsp3) is 0.133. The zero-order chi connectivity index (χ0) is 14.5. The normalized spacial score (nSPS) is 11.7. The van der Waals surface area contributed by atoms with Gasteiger partial charge in [-0.15, -0.1) is 0 Å². The summed E-state index contributed by atoms with van der Waals surface area (Å²) >= 11 is 0. The summed E-state index contributed by atoms with van der Waals surface area (Å²) in [4.78, 5) is 22.3. The van der Waals surface area contributed by atoms with E-state index in [1.165, 1.54) is 12.1 Å². The summed E-state index contributed by atoms with van der Waals surface area (Å²) in [5, 5.41) is 13.4. The molecule has 0 spiro atoms. The molecule has 0 radical (unpaired) electrons. The van der Waals surface area contributed by atoms with Crippen LogP contribution in [-0.2, 0) is 4.79 Å². The summed E-state index contributed by atoms with van der Waals surface area (Å²) in [6.07, 6.45) is 0. The van der Waals surface area contributed by atoms with E-state index >= 15 is 0 Å². The van der Waals surface area contributed by atoms with Gasteiger partial charge >= 0.3 is 0 Å². The second kappa shape index (κ2) is 5.97. The van der Waals surface area contributed by atoms with Crippen molar-refractivity contribution in [3.05, 3.63) is 70.3 Å². The number of anilines is 1. The number of rotatable bonds is 4. The zero-order valence-electron chi connectivity index (χ0n) is 10.9. The molecule has 0 saturated heterocycles. The van der Waals surface area contributed by atoms with Crippen molar-refractivity contribution in [2.75, 3.05) is 5.32 Å². The van der Waals surface area contributed by atoms with Crippen molar-refractivity contribution >= 4 is 17.3 Å². The minimum absolute atomic E-state index is 0.0461. The van der Waals surface area contributed by atoms with Gasteiger partial charge in [-0.25, -0.2) is 0 Å². The maximum atomic E-state index is 12.1. The van der Waals surface area contributed by atoms with Gasteiger partial charge in [-0.3, -0.25) is 14.9 Å². The van der Waals surface area contributed by atoms with Gasteiger partial charge in [0.15, 0.2) is 0 Å². The number of benzene rings is 2. The Morgan fingerprint density at radius 3 is 2.50 bits per heavy atom. The fourth-order valence-corrected chi connectivity index (χ4v) is 1.84. The van der Waals surface area contributed by atoms with Crippen LogP contribution in [0, 0.1) is 10.1 Å². The summed E-state index contributed by atoms with van der Waals surface area (Å²) in [6, 6.07) is 15.3. The molecule has 0 aromatic heterocycles. The Bertz CT molecular complexity index is 626. The number of nitrogens with zero attached hydrogens (tertiary/aromatic N) is 1. The molecule has 1 N–H and O–H groups in total. The smallest absolute Gasteiger partial charge is 0.271 e. The molecule has 0 aliphatic carbocycles. The first-order chi connectivity index (χ1) is 9.58. The van der Waals surface area contributed by atoms with Crippen LogP contribution in [0.3, 0.4) is 0 Å². The van der Waals surface area contributed by atoms with Gasteiger partial charge in [0, 0.05) is 17.8 Å². The molecular formula is C15H14N2O3. The van der Waals surface area contributed by atoms with Gasteiger partial charge in [-0.1, -0.05) is 36.4 Å². The first kappa shape index (κ1) is 13.7. The molecule has 5 heteroatoms. The van der Waals surface area contributed by atoms with Crippen molar-refractivity contribution in [2.24, 2.45) is 0 Å². The minimum Gasteiger partial charge on any atom is -0.325 e. The minimum atomic E-state index is -0.490. The average Bonchev–Trinajstić information content (AvgIpc) is 2.47. The lowest BCUT2D eigenvalue weighted by atomic mass is 10.0. The lowest BCUT2D eigenvalue weighted by Crippen LogP contribution is -2.18. The maximum absolute atomic E-state index is 12.1. The second-order valence-corrected chi connectivity index (χ2v) is 4.43. The number of nitrogens with one attached hydrogen (secondary N) is 1. The highest BCUT2D eigenvalue weighted by molar-refractivity contribution is 5.95. The van der Waals surface area contributed by atoms with Crippen molar-refractivity contribution < 1.29 is 9.72 Å². The van der Waals surface area contributed by atoms with Crippen molar-refractivity contribution in [3.8, 4) is 0 Å². The highest BCUT2D eigenvalue weighted by Crippen LogP contribution is 2.20. The van der Waals surface area contributed by atoms with Gasteiger partial charge in [-0.05, 0) is 18.6 Å². The predicted octanol–water partition coefficient (Wildman–Crippen LogP) is 3.34. The van der Waals surface area contributed by atoms with Gasteiger partial charge in [0.1, 0.15) is 0 Å². The van der Waals surface area contributed by atoms with E-state index in [-0.39, 0.29) is 17.5 Å². The fourth-order valence-electron chi connectivity index (χ4n) is 1.84. The Labute approximate surface area is 116 Å². The van der Waals surface area contributed by atoms with Gasteiger partial charge in [0.2, 0.25) is 5.91 Å². The summed E-state index contributed by atoms with van der Waals surface area (Å²) < 4.78 is 0. The first-order valence-corrected chi connectivity index (χ1v) is 6.18. The Kier molecular flexibility index (Phi) is 4.10. The molecular weight excluding hydrogens is 256 g/mol. The van der Waals surface area contributed by atoms with Crippen molar-refractivity contribution in [2.45, 2.75) is 12.8 Å². The van der Waals surface area contributed by atoms with Gasteiger partial charge in [-0.2, -0.15) is 0 Å². The average molecular weight is 270 g/mol. The zero-order valence-corrected chi connectivity index (χ0v) is 10.9. The van der Waals surface area contributed by atoms with E-state index < -0.39 is 4.92 Å². The van der Waals surface area contributed by atoms with Crippen LogP contribution in [0.15, 0.2) is 54.6 Å². The van der Waals surface area contributed by atoms with Crippen LogP contribution >= 0.6 is 0 Å². The lowest BCUT2D eigenvalue weighted by Gasteiger charge is -2.12. The molecule has 1 atom stereocenters. The molecule has 0 aliphatic heterocycles. The summed E-state index contributed by atoms with van der Waals surface area (Å²) in [5.41, 5.74) is 1.28. The van der Waals surface area contributed by atoms with E-state index in [9.17, 15) is 14.9 Å². The quantitative estimate of drug-likeness (QED) is 0.684. The third-order valence-corrected chi connectivity index (χ3v) is 3.02. The van der Waals surface area contributed by atoms with Crippen LogP contribution in [0.25, 0.3) is 0 Å². The van der Waals surface area contributed by atoms with Gasteiger partial charge in [0.25, 0.3) is 5.69 Å². The van der Waals surface area contributed by atoms with Crippen molar-refractivity contribution in [1.82, 2.24) is 0 Å². The third kappa shape index (κ3) is 3.20. The second-order valence-electron chi connectivity index (χ2n) is 4.43. The molecule has 0 saturated carbocycles. The number of hydrogen-bond acceptors (Lipinski definition) is 3. The van der Waals surface area contributed by atoms with Crippen LogP contribution in [0.5, 0.6) is 0 Å². The molecule has 102 valence electrons. The van der Waals surface area contributed by atoms with E-state index in [0.717, 1.165) is 5.56 Å². The molecule has 2 rings (SSSR count). The van der Waals surface area contributed by atoms with Gasteiger partial charge < -0.3 is 5.32 Å². The molecule has 0 aliphatic rings. The molecule has 0 fully saturated rings. The highest BCUT2D eigenvalue weighted by Gasteiger charge is 2.15. The lowest BCUT2D eigenvalue weighted by molar-refractivity contribution is -0.384. The number of carbonyl (C=O) groups excluding carboxylic acids is 1. The van der Waals surface area contributed by atoms with Crippen LogP contribution in [0.2, 0.25) is 0 Å². The standard InChI is InChI=1S/C15H14N2O3/c1-11(12-6-3-2-4-7-12)15(18)16-13-8-5-9-14(10-13)17(19)20/h2-11H,1H3,(H,16,18). The molecule has 5 nitrogen and oxygen atoms in total. The van der Waals surface area contributed by atoms with Crippen LogP contribution in [0.1, 0.15) is 18.4 Å². The van der Waals surface area contributed by atoms with E-state index in [4.69, 9.17) is 0 Å². The molecule has 0 bridgehead atoms. The molecule has 2 aromatic carbocycles. The highest BCUT2D eigenvalue weighted by atomic mass is 16.6. The topological polar surface area (TPSA) is 72.2 Å². The van der Waals surface area contributed by atoms with Crippen LogP contribution < -0.4 is 5.32 Å². The summed E-state index contributed by atoms with van der Waals surface area (Å²) in [7, 11) is 0. The predicted molar refractivity (Wildman–Crippen MR) is 76.6 cm³/mol. The van der Waals surface area contributed by atoms with Crippen molar-refractivity contribution in [1.29, 1.82) is 0 Å². The number of nitro benzene ring substituents is 1. The number of carbonyl (C=O) groups is 1. The van der Waals surface area contributed by atoms with Crippen molar-refractivity contribution in [3.63, 3.8) is 0 Å². The maximum Gasteiger partial charge on any atom is 0.271 e. The molecule has 0 heterocycles. The van der Waals surface area contributed by atoms with E-state index in [2.05, 4.69) is 5.32 Å². The largest absolute Gasteiger partial charge is 0.325 e. The Morgan fingerprint density at radius 1 is 1.15 bits per heavy atom. The Balaban J connectivity index is 2.12. The third-order valence-electron chi connectivity index (χ3n) is 3.02. The van der Waals surface area contributed by atoms with Gasteiger partial charge in [0.05, 0.1) is 10.8 Å². The number of nitro groups is 1. The van der Waals surface area contributed by atoms with E-state index in [0.29, 0.717) is 5.69 Å². The summed E-state index contributed by atoms with van der Waals surface area (Å²) in [5.74, 6) is -0.521. The number of hydrogen-bond donors (Lipinski definition) is 1. The Hall–Kier alpha value is -2.69. The number of amides is 1. The Morgan fingerprint density at radius 2 is 1.85 bits per heavy atom. The molecule has 1 amide bonds. The first-order valence-electron chi connectivity index (χ1n) is 6.18. The van der Waals surface area contributed by atoms with Crippen LogP contribution in [-0.4, -0.2) is 10.8 Å².